The molecule has 0 aliphatic rings. The standard InChI is InChI=1S/C30H27F3N6O3S/c1-39(2)11-10-35-24-25(27(41)26(24)40)37-19-13-18(30(31,32)33)14-20(15-19)38-29(42)28-23(8-12-43-28)36-16-17-7-9-34-22-6-4-3-5-21(17)22/h3-9,12-15,35-37H,10-11,16H2,1-2H3,(H,38,42). The first kappa shape index (κ1) is 29.7. The maximum Gasteiger partial charge on any atom is 0.416 e. The molecule has 13 heteroatoms. The minimum Gasteiger partial charge on any atom is -0.380 e. The van der Waals surface area contributed by atoms with Crippen LogP contribution >= 0.6 is 11.3 Å². The lowest BCUT2D eigenvalue weighted by molar-refractivity contribution is -0.137. The summed E-state index contributed by atoms with van der Waals surface area (Å²) in [5.74, 6) is -0.609. The van der Waals surface area contributed by atoms with Gasteiger partial charge in [0.1, 0.15) is 16.3 Å². The van der Waals surface area contributed by atoms with E-state index in [1.54, 1.807) is 17.6 Å². The smallest absolute Gasteiger partial charge is 0.380 e. The number of pyridine rings is 1. The summed E-state index contributed by atoms with van der Waals surface area (Å²) in [5, 5.41) is 13.9. The highest BCUT2D eigenvalue weighted by atomic mass is 32.1. The second kappa shape index (κ2) is 12.2. The normalized spacial score (nSPS) is 11.7. The molecule has 1 amide bonds. The van der Waals surface area contributed by atoms with Gasteiger partial charge >= 0.3 is 6.18 Å². The number of thiophene rings is 1. The van der Waals surface area contributed by atoms with E-state index in [0.29, 0.717) is 25.3 Å². The van der Waals surface area contributed by atoms with Crippen molar-refractivity contribution in [1.29, 1.82) is 0 Å². The fourth-order valence-electron chi connectivity index (χ4n) is 4.48. The molecule has 0 saturated heterocycles. The first-order valence-electron chi connectivity index (χ1n) is 13.2. The highest BCUT2D eigenvalue weighted by molar-refractivity contribution is 7.12. The molecule has 0 spiro atoms. The number of amides is 1. The number of rotatable bonds is 11. The van der Waals surface area contributed by atoms with E-state index in [-0.39, 0.29) is 27.6 Å². The third kappa shape index (κ3) is 6.68. The molecule has 0 bridgehead atoms. The van der Waals surface area contributed by atoms with Crippen molar-refractivity contribution in [2.24, 2.45) is 0 Å². The van der Waals surface area contributed by atoms with Gasteiger partial charge in [0.15, 0.2) is 0 Å². The van der Waals surface area contributed by atoms with Gasteiger partial charge in [0.2, 0.25) is 0 Å². The minimum atomic E-state index is -4.74. The lowest BCUT2D eigenvalue weighted by Crippen LogP contribution is -2.37. The molecule has 43 heavy (non-hydrogen) atoms. The van der Waals surface area contributed by atoms with Crippen LogP contribution in [0.15, 0.2) is 75.8 Å². The van der Waals surface area contributed by atoms with Gasteiger partial charge in [0.05, 0.1) is 16.8 Å². The first-order valence-corrected chi connectivity index (χ1v) is 14.1. The summed E-state index contributed by atoms with van der Waals surface area (Å²) < 4.78 is 41.4. The van der Waals surface area contributed by atoms with Crippen LogP contribution in [0.5, 0.6) is 0 Å². The Morgan fingerprint density at radius 3 is 2.47 bits per heavy atom. The van der Waals surface area contributed by atoms with Crippen LogP contribution in [0.3, 0.4) is 0 Å². The molecule has 0 fully saturated rings. The molecule has 4 N–H and O–H groups in total. The molecular formula is C30H27F3N6O3S. The molecule has 0 saturated carbocycles. The molecule has 9 nitrogen and oxygen atoms in total. The number of halogens is 3. The summed E-state index contributed by atoms with van der Waals surface area (Å²) in [7, 11) is 3.67. The Morgan fingerprint density at radius 1 is 0.953 bits per heavy atom. The summed E-state index contributed by atoms with van der Waals surface area (Å²) in [5.41, 5.74) is -0.686. The Bertz CT molecular complexity index is 1860. The second-order valence-corrected chi connectivity index (χ2v) is 10.9. The number of likely N-dealkylation sites (N-methyl/N-ethyl adjacent to an activating group) is 1. The average molecular weight is 609 g/mol. The van der Waals surface area contributed by atoms with Gasteiger partial charge in [-0.1, -0.05) is 18.2 Å². The quantitative estimate of drug-likeness (QED) is 0.146. The number of carbonyl (C=O) groups excluding carboxylic acids is 1. The fraction of sp³-hybridized carbons (Fsp3) is 0.200. The van der Waals surface area contributed by atoms with Crippen molar-refractivity contribution in [2.75, 3.05) is 48.5 Å². The predicted molar refractivity (Wildman–Crippen MR) is 164 cm³/mol. The molecule has 2 aromatic heterocycles. The van der Waals surface area contributed by atoms with E-state index in [4.69, 9.17) is 0 Å². The number of benzene rings is 2. The Morgan fingerprint density at radius 2 is 1.70 bits per heavy atom. The van der Waals surface area contributed by atoms with E-state index in [9.17, 15) is 27.6 Å². The van der Waals surface area contributed by atoms with Gasteiger partial charge in [-0.05, 0) is 61.4 Å². The zero-order chi connectivity index (χ0) is 30.7. The molecule has 0 unspecified atom stereocenters. The highest BCUT2D eigenvalue weighted by Crippen LogP contribution is 2.35. The summed E-state index contributed by atoms with van der Waals surface area (Å²) in [4.78, 5) is 44.0. The first-order chi connectivity index (χ1) is 20.5. The van der Waals surface area contributed by atoms with Crippen LogP contribution in [-0.4, -0.2) is 43.0 Å². The van der Waals surface area contributed by atoms with Gasteiger partial charge in [0, 0.05) is 42.6 Å². The predicted octanol–water partition coefficient (Wildman–Crippen LogP) is 5.49. The van der Waals surface area contributed by atoms with Gasteiger partial charge in [-0.2, -0.15) is 13.2 Å². The Kier molecular flexibility index (Phi) is 8.46. The molecule has 0 radical (unpaired) electrons. The van der Waals surface area contributed by atoms with E-state index < -0.39 is 28.5 Å². The number of carbonyl (C=O) groups is 1. The lowest BCUT2D eigenvalue weighted by Gasteiger charge is -2.18. The largest absolute Gasteiger partial charge is 0.416 e. The number of aromatic nitrogens is 1. The third-order valence-corrected chi connectivity index (χ3v) is 7.55. The molecule has 5 rings (SSSR count). The number of nitrogens with one attached hydrogen (secondary N) is 4. The summed E-state index contributed by atoms with van der Waals surface area (Å²) in [6.07, 6.45) is -3.04. The van der Waals surface area contributed by atoms with Crippen LogP contribution in [-0.2, 0) is 12.7 Å². The number of fused-ring (bicyclic) bond motifs is 1. The van der Waals surface area contributed by atoms with Crippen LogP contribution in [0, 0.1) is 0 Å². The number of anilines is 5. The fourth-order valence-corrected chi connectivity index (χ4v) is 5.24. The summed E-state index contributed by atoms with van der Waals surface area (Å²) >= 11 is 1.14. The van der Waals surface area contributed by atoms with Gasteiger partial charge in [0.25, 0.3) is 16.8 Å². The average Bonchev–Trinajstić information content (AvgIpc) is 3.45. The van der Waals surface area contributed by atoms with E-state index in [0.717, 1.165) is 39.9 Å². The monoisotopic (exact) mass is 608 g/mol. The molecule has 222 valence electrons. The molecule has 0 aliphatic carbocycles. The highest BCUT2D eigenvalue weighted by Gasteiger charge is 2.32. The minimum absolute atomic E-state index is 0.00567. The van der Waals surface area contributed by atoms with Crippen LogP contribution < -0.4 is 32.1 Å². The SMILES string of the molecule is CN(C)CCNc1c(Nc2cc(NC(=O)c3sccc3NCc3ccnc4ccccc34)cc(C(F)(F)F)c2)c(=O)c1=O. The van der Waals surface area contributed by atoms with Crippen molar-refractivity contribution in [3.8, 4) is 0 Å². The Hall–Kier alpha value is -4.75. The molecule has 0 aliphatic heterocycles. The van der Waals surface area contributed by atoms with Gasteiger partial charge in [-0.15, -0.1) is 11.3 Å². The molecular weight excluding hydrogens is 581 g/mol. The van der Waals surface area contributed by atoms with E-state index in [2.05, 4.69) is 26.3 Å². The van der Waals surface area contributed by atoms with Crippen LogP contribution in [0.25, 0.3) is 10.9 Å². The summed E-state index contributed by atoms with van der Waals surface area (Å²) in [6, 6.07) is 14.1. The maximum atomic E-state index is 13.8. The molecule has 5 aromatic rings. The van der Waals surface area contributed by atoms with Gasteiger partial charge in [-0.25, -0.2) is 0 Å². The number of hydrogen-bond acceptors (Lipinski definition) is 9. The number of nitrogens with zero attached hydrogens (tertiary/aromatic N) is 2. The summed E-state index contributed by atoms with van der Waals surface area (Å²) in [6.45, 7) is 1.31. The zero-order valence-electron chi connectivity index (χ0n) is 23.1. The molecule has 0 atom stereocenters. The van der Waals surface area contributed by atoms with Crippen molar-refractivity contribution in [2.45, 2.75) is 12.7 Å². The number of alkyl halides is 3. The van der Waals surface area contributed by atoms with Crippen molar-refractivity contribution in [3.63, 3.8) is 0 Å². The number of para-hydroxylation sites is 1. The maximum absolute atomic E-state index is 13.8. The number of hydrogen-bond donors (Lipinski definition) is 4. The zero-order valence-corrected chi connectivity index (χ0v) is 23.9. The second-order valence-electron chi connectivity index (χ2n) is 10.0. The van der Waals surface area contributed by atoms with E-state index >= 15 is 0 Å². The van der Waals surface area contributed by atoms with Crippen molar-refractivity contribution in [1.82, 2.24) is 9.88 Å². The van der Waals surface area contributed by atoms with Crippen LogP contribution in [0.4, 0.5) is 41.6 Å². The van der Waals surface area contributed by atoms with Gasteiger partial charge in [-0.3, -0.25) is 19.4 Å². The van der Waals surface area contributed by atoms with Crippen LogP contribution in [0.2, 0.25) is 0 Å². The molecule has 2 heterocycles. The van der Waals surface area contributed by atoms with Crippen molar-refractivity contribution >= 4 is 56.6 Å². The Balaban J connectivity index is 1.35. The van der Waals surface area contributed by atoms with E-state index in [1.165, 1.54) is 6.07 Å². The van der Waals surface area contributed by atoms with Crippen molar-refractivity contribution in [3.05, 3.63) is 103 Å². The Labute approximate surface area is 248 Å². The topological polar surface area (TPSA) is 115 Å². The van der Waals surface area contributed by atoms with Crippen LogP contribution in [0.1, 0.15) is 20.8 Å². The lowest BCUT2D eigenvalue weighted by atomic mass is 10.1. The van der Waals surface area contributed by atoms with Crippen molar-refractivity contribution < 1.29 is 18.0 Å². The third-order valence-electron chi connectivity index (χ3n) is 6.64. The van der Waals surface area contributed by atoms with Gasteiger partial charge < -0.3 is 26.2 Å². The van der Waals surface area contributed by atoms with E-state index in [1.807, 2.05) is 49.3 Å². The molecule has 3 aromatic carbocycles.